The molecule has 33 heavy (non-hydrogen) atoms. The van der Waals surface area contributed by atoms with E-state index >= 15 is 0 Å². The highest BCUT2D eigenvalue weighted by Gasteiger charge is 2.71. The van der Waals surface area contributed by atoms with E-state index < -0.39 is 46.9 Å². The predicted molar refractivity (Wildman–Crippen MR) is 86.9 cm³/mol. The van der Waals surface area contributed by atoms with Gasteiger partial charge in [-0.25, -0.2) is 17.6 Å². The van der Waals surface area contributed by atoms with Crippen molar-refractivity contribution < 1.29 is 83.6 Å². The summed E-state index contributed by atoms with van der Waals surface area (Å²) < 4.78 is 194. The molecule has 0 aliphatic heterocycles. The van der Waals surface area contributed by atoms with E-state index in [1.807, 2.05) is 0 Å². The average molecular weight is 560 g/mol. The van der Waals surface area contributed by atoms with Crippen LogP contribution in [0, 0.1) is 0 Å². The molecule has 1 unspecified atom stereocenters. The lowest BCUT2D eigenvalue weighted by molar-refractivity contribution is -0.328. The highest BCUT2D eigenvalue weighted by atomic mass is 32.2. The molecule has 0 aromatic heterocycles. The summed E-state index contributed by atoms with van der Waals surface area (Å²) in [5.74, 6) is -12.4. The molecule has 0 fully saturated rings. The van der Waals surface area contributed by atoms with E-state index in [-0.39, 0.29) is 27.4 Å². The maximum absolute atomic E-state index is 13.2. The number of ether oxygens (including phenoxy) is 1. The molecule has 0 aliphatic carbocycles. The molecule has 0 aromatic carbocycles. The van der Waals surface area contributed by atoms with Crippen LogP contribution in [-0.2, 0) is 19.0 Å². The third-order valence-corrected chi connectivity index (χ3v) is 3.20. The minimum atomic E-state index is -6.24. The molecular formula is C13H23F15O4S. The van der Waals surface area contributed by atoms with Crippen molar-refractivity contribution in [3.8, 4) is 0 Å². The summed E-state index contributed by atoms with van der Waals surface area (Å²) in [6, 6.07) is 0. The van der Waals surface area contributed by atoms with Crippen molar-refractivity contribution in [3.63, 3.8) is 0 Å². The summed E-state index contributed by atoms with van der Waals surface area (Å²) in [6.45, 7) is 0.418. The third-order valence-electron chi connectivity index (χ3n) is 1.82. The van der Waals surface area contributed by atoms with Crippen LogP contribution in [0.3, 0.4) is 0 Å². The topological polar surface area (TPSA) is 52.6 Å². The lowest BCUT2D eigenvalue weighted by Gasteiger charge is -2.32. The molecule has 210 valence electrons. The molecule has 20 heteroatoms. The van der Waals surface area contributed by atoms with E-state index in [0.29, 0.717) is 7.18 Å². The van der Waals surface area contributed by atoms with Gasteiger partial charge in [-0.1, -0.05) is 0 Å². The molecule has 0 N–H and O–H groups in total. The lowest BCUT2D eigenvalue weighted by atomic mass is 10.2. The fourth-order valence-electron chi connectivity index (χ4n) is 0.892. The van der Waals surface area contributed by atoms with Crippen LogP contribution in [0.5, 0.6) is 0 Å². The first-order chi connectivity index (χ1) is 14.8. The number of hydrogen-bond donors (Lipinski definition) is 0. The van der Waals surface area contributed by atoms with Crippen LogP contribution >= 0.6 is 0 Å². The second kappa shape index (κ2) is 24.0. The van der Waals surface area contributed by atoms with E-state index in [9.17, 15) is 65.5 Å². The Morgan fingerprint density at radius 1 is 0.788 bits per heavy atom. The van der Waals surface area contributed by atoms with Gasteiger partial charge in [-0.15, -0.1) is 0 Å². The summed E-state index contributed by atoms with van der Waals surface area (Å²) in [5, 5.41) is 0. The van der Waals surface area contributed by atoms with Gasteiger partial charge in [0.1, 0.15) is 0 Å². The largest absolute Gasteiger partial charge is 0.373 e. The van der Waals surface area contributed by atoms with E-state index in [2.05, 4.69) is 8.92 Å². The molecule has 0 saturated carbocycles. The summed E-state index contributed by atoms with van der Waals surface area (Å²) in [5.41, 5.74) is -4.33. The fraction of sp³-hybridized carbons (Fsp3) is 1.00. The Morgan fingerprint density at radius 2 is 1.03 bits per heavy atom. The summed E-state index contributed by atoms with van der Waals surface area (Å²) in [4.78, 5) is 0. The Morgan fingerprint density at radius 3 is 1.18 bits per heavy atom. The van der Waals surface area contributed by atoms with Crippen LogP contribution < -0.4 is 0 Å². The van der Waals surface area contributed by atoms with Gasteiger partial charge in [-0.2, -0.15) is 34.8 Å². The minimum absolute atomic E-state index is 0.177. The van der Waals surface area contributed by atoms with Gasteiger partial charge in [0.25, 0.3) is 5.44 Å². The van der Waals surface area contributed by atoms with Gasteiger partial charge in [0.15, 0.2) is 0 Å². The van der Waals surface area contributed by atoms with Gasteiger partial charge in [-0.3, -0.25) is 22.1 Å². The van der Waals surface area contributed by atoms with Gasteiger partial charge < -0.3 is 0 Å². The molecule has 0 amide bonds. The monoisotopic (exact) mass is 560 g/mol. The van der Waals surface area contributed by atoms with Gasteiger partial charge in [0.2, 0.25) is 6.93 Å². The van der Waals surface area contributed by atoms with E-state index in [0.717, 1.165) is 0 Å². The van der Waals surface area contributed by atoms with Crippen molar-refractivity contribution in [2.75, 3.05) is 34.6 Å². The van der Waals surface area contributed by atoms with Crippen molar-refractivity contribution in [2.24, 2.45) is 0 Å². The molecule has 4 nitrogen and oxygen atoms in total. The summed E-state index contributed by atoms with van der Waals surface area (Å²) in [7, 11) is -5.16. The van der Waals surface area contributed by atoms with Crippen LogP contribution in [0.4, 0.5) is 66.2 Å². The molecule has 0 bridgehead atoms. The molecule has 0 aliphatic rings. The first-order valence-corrected chi connectivity index (χ1v) is 8.96. The Bertz CT molecular complexity index is 482. The molecule has 0 rings (SSSR count). The summed E-state index contributed by atoms with van der Waals surface area (Å²) in [6.07, 6.45) is -9.65. The second-order valence-corrected chi connectivity index (χ2v) is 5.85. The molecule has 0 aromatic rings. The smallest absolute Gasteiger partial charge is 0.291 e. The Hall–Kier alpha value is -1.18. The van der Waals surface area contributed by atoms with Crippen LogP contribution in [0.2, 0.25) is 0 Å². The highest BCUT2D eigenvalue weighted by Crippen LogP contribution is 2.45. The standard InChI is InChI=1S/C7H8F8O4S.2C2H5F.CH2F2.CH3F.F2/c1-5(10,11)19-4(20(16,17)18-2)7(14,15)6(12,13)3(8)9;2*1-2-3;2-1-3;2*1-2/h3-4H,1-2H3;2*2H2,1H3;1H2;1H3;. The van der Waals surface area contributed by atoms with Crippen LogP contribution in [0.15, 0.2) is 0 Å². The predicted octanol–water partition coefficient (Wildman–Crippen LogP) is 6.71. The van der Waals surface area contributed by atoms with Gasteiger partial charge in [-0.05, 0) is 13.8 Å². The number of alkyl halides is 13. The van der Waals surface area contributed by atoms with Gasteiger partial charge >= 0.3 is 34.5 Å². The zero-order valence-corrected chi connectivity index (χ0v) is 18.3. The third kappa shape index (κ3) is 22.4. The van der Waals surface area contributed by atoms with E-state index in [4.69, 9.17) is 9.15 Å². The Balaban J connectivity index is -0.000000117. The van der Waals surface area contributed by atoms with Crippen molar-refractivity contribution in [3.05, 3.63) is 0 Å². The van der Waals surface area contributed by atoms with Crippen molar-refractivity contribution in [1.29, 1.82) is 0 Å². The minimum Gasteiger partial charge on any atom is -0.291 e. The lowest BCUT2D eigenvalue weighted by Crippen LogP contribution is -2.58. The second-order valence-electron chi connectivity index (χ2n) is 4.10. The fourth-order valence-corrected chi connectivity index (χ4v) is 1.87. The maximum atomic E-state index is 13.2. The first kappa shape index (κ1) is 45.3. The molecule has 1 atom stereocenters. The zero-order valence-electron chi connectivity index (χ0n) is 17.5. The molecule has 0 spiro atoms. The van der Waals surface area contributed by atoms with Crippen molar-refractivity contribution in [1.82, 2.24) is 0 Å². The average Bonchev–Trinajstić information content (AvgIpc) is 2.70. The van der Waals surface area contributed by atoms with Crippen LogP contribution in [0.25, 0.3) is 0 Å². The van der Waals surface area contributed by atoms with Crippen LogP contribution in [0.1, 0.15) is 20.8 Å². The normalized spacial score (nSPS) is 12.0. The molecule has 0 saturated heterocycles. The first-order valence-electron chi connectivity index (χ1n) is 7.49. The molecule has 0 heterocycles. The maximum Gasteiger partial charge on any atom is 0.373 e. The number of hydrogen-bond acceptors (Lipinski definition) is 4. The van der Waals surface area contributed by atoms with Gasteiger partial charge in [0.05, 0.1) is 27.6 Å². The number of rotatable bonds is 7. The SMILES string of the molecule is CCF.CCF.CF.COS(=O)(=O)C(OC(C)(F)F)C(F)(F)C(F)(F)C(F)F.FCF.FF. The Kier molecular flexibility index (Phi) is 32.9. The van der Waals surface area contributed by atoms with E-state index in [1.165, 1.54) is 13.8 Å². The van der Waals surface area contributed by atoms with Crippen molar-refractivity contribution >= 4 is 10.1 Å². The number of halogens is 15. The van der Waals surface area contributed by atoms with E-state index in [1.54, 1.807) is 0 Å². The Labute approximate surface area is 180 Å². The molecular weight excluding hydrogens is 537 g/mol. The highest BCUT2D eigenvalue weighted by molar-refractivity contribution is 7.87. The summed E-state index contributed by atoms with van der Waals surface area (Å²) >= 11 is 0. The zero-order chi connectivity index (χ0) is 28.7. The molecule has 0 radical (unpaired) electrons. The van der Waals surface area contributed by atoms with Gasteiger partial charge in [0, 0.05) is 16.1 Å². The quantitative estimate of drug-likeness (QED) is 0.257. The van der Waals surface area contributed by atoms with Crippen molar-refractivity contribution in [2.45, 2.75) is 50.6 Å². The van der Waals surface area contributed by atoms with Crippen LogP contribution in [-0.4, -0.2) is 72.8 Å².